The molecule has 0 bridgehead atoms. The Morgan fingerprint density at radius 1 is 1.02 bits per heavy atom. The normalized spacial score (nSPS) is 14.3. The zero-order chi connectivity index (χ0) is 28.1. The molecule has 8 nitrogen and oxygen atoms in total. The Bertz CT molecular complexity index is 1550. The largest absolute Gasteiger partial charge is 0.379 e. The molecule has 0 N–H and O–H groups in total. The molecule has 1 fully saturated rings. The number of carbonyl (C=O) groups excluding carboxylic acids is 1. The van der Waals surface area contributed by atoms with Crippen LogP contribution in [0.25, 0.3) is 10.2 Å². The minimum Gasteiger partial charge on any atom is -0.379 e. The number of fused-ring (bicyclic) bond motifs is 1. The molecule has 4 aromatic rings. The van der Waals surface area contributed by atoms with Gasteiger partial charge in [0.05, 0.1) is 34.0 Å². The summed E-state index contributed by atoms with van der Waals surface area (Å²) in [5, 5.41) is 0.649. The number of carbonyl (C=O) groups is 1. The Labute approximate surface area is 239 Å². The lowest BCUT2D eigenvalue weighted by molar-refractivity contribution is 0.0376. The summed E-state index contributed by atoms with van der Waals surface area (Å²) in [4.78, 5) is 22.9. The van der Waals surface area contributed by atoms with Crippen LogP contribution in [-0.2, 0) is 21.2 Å². The van der Waals surface area contributed by atoms with Crippen molar-refractivity contribution < 1.29 is 17.9 Å². The molecule has 1 aromatic heterocycles. The van der Waals surface area contributed by atoms with Gasteiger partial charge in [0.15, 0.2) is 5.13 Å². The van der Waals surface area contributed by atoms with Gasteiger partial charge in [-0.2, -0.15) is 0 Å². The highest BCUT2D eigenvalue weighted by Crippen LogP contribution is 2.31. The van der Waals surface area contributed by atoms with Crippen molar-refractivity contribution in [3.05, 3.63) is 83.9 Å². The topological polar surface area (TPSA) is 83.0 Å². The minimum atomic E-state index is -3.78. The smallest absolute Gasteiger partial charge is 0.264 e. The number of hydrogen-bond donors (Lipinski definition) is 0. The highest BCUT2D eigenvalue weighted by molar-refractivity contribution is 7.92. The molecule has 3 aromatic carbocycles. The third-order valence-corrected chi connectivity index (χ3v) is 10.0. The lowest BCUT2D eigenvalue weighted by Gasteiger charge is -2.27. The average Bonchev–Trinajstić information content (AvgIpc) is 3.42. The Morgan fingerprint density at radius 2 is 1.75 bits per heavy atom. The van der Waals surface area contributed by atoms with Gasteiger partial charge in [0, 0.05) is 38.8 Å². The number of thiazole rings is 1. The highest BCUT2D eigenvalue weighted by atomic mass is 32.2. The van der Waals surface area contributed by atoms with Crippen LogP contribution in [0.5, 0.6) is 0 Å². The van der Waals surface area contributed by atoms with Crippen LogP contribution in [0.1, 0.15) is 29.3 Å². The molecular formula is C30H34N4O4S2. The number of aromatic nitrogens is 1. The van der Waals surface area contributed by atoms with Crippen molar-refractivity contribution in [3.8, 4) is 0 Å². The molecule has 1 saturated heterocycles. The van der Waals surface area contributed by atoms with Crippen molar-refractivity contribution in [2.45, 2.75) is 24.7 Å². The average molecular weight is 579 g/mol. The monoisotopic (exact) mass is 578 g/mol. The Kier molecular flexibility index (Phi) is 8.80. The van der Waals surface area contributed by atoms with E-state index in [0.29, 0.717) is 22.9 Å². The highest BCUT2D eigenvalue weighted by Gasteiger charge is 2.25. The van der Waals surface area contributed by atoms with E-state index in [1.54, 1.807) is 41.3 Å². The van der Waals surface area contributed by atoms with Gasteiger partial charge in [-0.1, -0.05) is 42.5 Å². The van der Waals surface area contributed by atoms with Crippen LogP contribution in [-0.4, -0.2) is 70.6 Å². The number of hydrogen-bond acceptors (Lipinski definition) is 7. The van der Waals surface area contributed by atoms with Crippen molar-refractivity contribution >= 4 is 48.3 Å². The van der Waals surface area contributed by atoms with E-state index in [1.165, 1.54) is 40.4 Å². The number of para-hydroxylation sites is 1. The number of morpholine rings is 1. The number of anilines is 2. The van der Waals surface area contributed by atoms with E-state index in [1.807, 2.05) is 12.1 Å². The number of ether oxygens (including phenoxy) is 1. The van der Waals surface area contributed by atoms with Gasteiger partial charge in [-0.25, -0.2) is 13.4 Å². The number of benzene rings is 3. The van der Waals surface area contributed by atoms with Gasteiger partial charge < -0.3 is 4.74 Å². The summed E-state index contributed by atoms with van der Waals surface area (Å²) in [5.41, 5.74) is 3.08. The van der Waals surface area contributed by atoms with Crippen LogP contribution in [0.4, 0.5) is 10.8 Å². The molecule has 1 amide bonds. The summed E-state index contributed by atoms with van der Waals surface area (Å²) >= 11 is 1.51. The first kappa shape index (κ1) is 28.2. The predicted octanol–water partition coefficient (Wildman–Crippen LogP) is 5.05. The third-order valence-electron chi connectivity index (χ3n) is 7.17. The van der Waals surface area contributed by atoms with Crippen LogP contribution in [0.3, 0.4) is 0 Å². The Morgan fingerprint density at radius 3 is 2.45 bits per heavy atom. The minimum absolute atomic E-state index is 0.126. The van der Waals surface area contributed by atoms with Crippen LogP contribution in [0.2, 0.25) is 0 Å². The van der Waals surface area contributed by atoms with Crippen LogP contribution in [0.15, 0.2) is 77.7 Å². The molecule has 0 atom stereocenters. The fraction of sp³-hybridized carbons (Fsp3) is 0.333. The maximum Gasteiger partial charge on any atom is 0.264 e. The molecule has 40 heavy (non-hydrogen) atoms. The zero-order valence-electron chi connectivity index (χ0n) is 22.8. The second kappa shape index (κ2) is 12.5. The summed E-state index contributed by atoms with van der Waals surface area (Å²) < 4.78 is 34.2. The molecular weight excluding hydrogens is 544 g/mol. The molecule has 1 aliphatic heterocycles. The van der Waals surface area contributed by atoms with Crippen molar-refractivity contribution in [2.24, 2.45) is 0 Å². The van der Waals surface area contributed by atoms with Crippen molar-refractivity contribution in [1.82, 2.24) is 9.88 Å². The molecule has 0 unspecified atom stereocenters. The fourth-order valence-corrected chi connectivity index (χ4v) is 6.96. The van der Waals surface area contributed by atoms with E-state index in [2.05, 4.69) is 24.0 Å². The first-order valence-electron chi connectivity index (χ1n) is 13.5. The van der Waals surface area contributed by atoms with Crippen molar-refractivity contribution in [3.63, 3.8) is 0 Å². The van der Waals surface area contributed by atoms with Crippen molar-refractivity contribution in [2.75, 3.05) is 55.6 Å². The maximum atomic E-state index is 13.8. The van der Waals surface area contributed by atoms with Crippen LogP contribution >= 0.6 is 11.3 Å². The van der Waals surface area contributed by atoms with Gasteiger partial charge in [-0.3, -0.25) is 18.9 Å². The van der Waals surface area contributed by atoms with E-state index in [0.717, 1.165) is 55.9 Å². The Hall–Kier alpha value is -3.31. The molecule has 0 spiro atoms. The zero-order valence-corrected chi connectivity index (χ0v) is 24.5. The van der Waals surface area contributed by atoms with Gasteiger partial charge >= 0.3 is 0 Å². The molecule has 0 saturated carbocycles. The molecule has 10 heteroatoms. The lowest BCUT2D eigenvalue weighted by Crippen LogP contribution is -2.39. The standard InChI is InChI=1S/C30H34N4O4S2/c1-3-23-10-15-27-28(22-23)39-30(31-27)34(17-7-16-33-18-20-38-21-19-33)29(35)24-11-13-26(14-12-24)40(36,37)32(2)25-8-5-4-6-9-25/h4-6,8-15,22H,3,7,16-21H2,1-2H3. The molecule has 5 rings (SSSR count). The summed E-state index contributed by atoms with van der Waals surface area (Å²) in [6, 6.07) is 21.3. The van der Waals surface area contributed by atoms with Crippen molar-refractivity contribution in [1.29, 1.82) is 0 Å². The van der Waals surface area contributed by atoms with E-state index >= 15 is 0 Å². The Balaban J connectivity index is 1.39. The summed E-state index contributed by atoms with van der Waals surface area (Å²) in [7, 11) is -2.25. The second-order valence-corrected chi connectivity index (χ2v) is 12.7. The van der Waals surface area contributed by atoms with E-state index in [-0.39, 0.29) is 10.8 Å². The van der Waals surface area contributed by atoms with E-state index in [4.69, 9.17) is 9.72 Å². The SMILES string of the molecule is CCc1ccc2nc(N(CCCN3CCOCC3)C(=O)c3ccc(S(=O)(=O)N(C)c4ccccc4)cc3)sc2c1. The van der Waals surface area contributed by atoms with Gasteiger partial charge in [-0.15, -0.1) is 0 Å². The summed E-state index contributed by atoms with van der Waals surface area (Å²) in [6.45, 7) is 6.73. The van der Waals surface area contributed by atoms with Crippen LogP contribution in [0, 0.1) is 0 Å². The lowest BCUT2D eigenvalue weighted by atomic mass is 10.2. The summed E-state index contributed by atoms with van der Waals surface area (Å²) in [5.74, 6) is -0.197. The summed E-state index contributed by atoms with van der Waals surface area (Å²) in [6.07, 6.45) is 1.72. The van der Waals surface area contributed by atoms with Gasteiger partial charge in [0.2, 0.25) is 0 Å². The van der Waals surface area contributed by atoms with E-state index in [9.17, 15) is 13.2 Å². The first-order chi connectivity index (χ1) is 19.4. The van der Waals surface area contributed by atoms with Gasteiger partial charge in [-0.05, 0) is 66.9 Å². The number of nitrogens with zero attached hydrogens (tertiary/aromatic N) is 4. The fourth-order valence-electron chi connectivity index (χ4n) is 4.71. The molecule has 0 radical (unpaired) electrons. The molecule has 210 valence electrons. The number of sulfonamides is 1. The molecule has 1 aliphatic rings. The second-order valence-electron chi connectivity index (χ2n) is 9.75. The molecule has 0 aliphatic carbocycles. The van der Waals surface area contributed by atoms with Gasteiger partial charge in [0.25, 0.3) is 15.9 Å². The number of aryl methyl sites for hydroxylation is 1. The predicted molar refractivity (Wildman–Crippen MR) is 161 cm³/mol. The maximum absolute atomic E-state index is 13.8. The quantitative estimate of drug-likeness (QED) is 0.262. The third kappa shape index (κ3) is 6.20. The molecule has 2 heterocycles. The number of rotatable bonds is 10. The number of amides is 1. The van der Waals surface area contributed by atoms with E-state index < -0.39 is 10.0 Å². The van der Waals surface area contributed by atoms with Gasteiger partial charge in [0.1, 0.15) is 0 Å². The first-order valence-corrected chi connectivity index (χ1v) is 15.8. The van der Waals surface area contributed by atoms with Crippen LogP contribution < -0.4 is 9.21 Å².